The molecule has 1 aliphatic rings. The summed E-state index contributed by atoms with van der Waals surface area (Å²) in [6.45, 7) is 4.09. The number of fused-ring (bicyclic) bond motifs is 3. The minimum Gasteiger partial charge on any atom is -0.357 e. The molecule has 1 aliphatic heterocycles. The summed E-state index contributed by atoms with van der Waals surface area (Å²) in [5.41, 5.74) is 6.17. The van der Waals surface area contributed by atoms with Gasteiger partial charge in [0.25, 0.3) is 5.89 Å². The van der Waals surface area contributed by atoms with Crippen molar-refractivity contribution >= 4 is 10.9 Å². The molecule has 29 heavy (non-hydrogen) atoms. The van der Waals surface area contributed by atoms with E-state index in [1.54, 1.807) is 0 Å². The molecule has 2 aromatic heterocycles. The second-order valence-electron chi connectivity index (χ2n) is 7.97. The van der Waals surface area contributed by atoms with Gasteiger partial charge in [-0.25, -0.2) is 0 Å². The van der Waals surface area contributed by atoms with E-state index in [9.17, 15) is 0 Å². The van der Waals surface area contributed by atoms with Crippen LogP contribution < -0.4 is 5.32 Å². The molecule has 0 spiro atoms. The molecule has 0 aliphatic carbocycles. The van der Waals surface area contributed by atoms with Crippen molar-refractivity contribution in [3.63, 3.8) is 0 Å². The van der Waals surface area contributed by atoms with Gasteiger partial charge in [-0.15, -0.1) is 0 Å². The summed E-state index contributed by atoms with van der Waals surface area (Å²) < 4.78 is 5.31. The number of rotatable bonds is 5. The molecule has 0 amide bonds. The molecular weight excluding hydrogens is 360 g/mol. The number of benzene rings is 2. The summed E-state index contributed by atoms with van der Waals surface area (Å²) in [4.78, 5) is 8.02. The Morgan fingerprint density at radius 3 is 2.69 bits per heavy atom. The van der Waals surface area contributed by atoms with Crippen molar-refractivity contribution in [3.05, 3.63) is 71.2 Å². The van der Waals surface area contributed by atoms with E-state index in [-0.39, 0.29) is 6.04 Å². The largest absolute Gasteiger partial charge is 0.357 e. The average molecular weight is 386 g/mol. The minimum absolute atomic E-state index is 0.159. The summed E-state index contributed by atoms with van der Waals surface area (Å²) in [6, 6.07) is 17.8. The zero-order valence-corrected chi connectivity index (χ0v) is 16.9. The standard InChI is InChI=1S/C24H26N4O/c1-3-4-7-18-14-20-19-8-5-6-9-21(19)27-23(20)22(26-18)16-10-12-17(13-11-16)24-25-15(2)28-29-24/h5-6,8-13,18,22,26-27H,3-4,7,14H2,1-2H3/t18-,22-/m0/s1. The third-order valence-electron chi connectivity index (χ3n) is 5.91. The van der Waals surface area contributed by atoms with Crippen LogP contribution in [0.1, 0.15) is 54.9 Å². The molecule has 5 nitrogen and oxygen atoms in total. The topological polar surface area (TPSA) is 66.7 Å². The molecule has 2 aromatic carbocycles. The van der Waals surface area contributed by atoms with Gasteiger partial charge in [0, 0.05) is 28.2 Å². The second-order valence-corrected chi connectivity index (χ2v) is 7.97. The number of aryl methyl sites for hydroxylation is 1. The number of aromatic nitrogens is 3. The molecule has 3 heterocycles. The maximum absolute atomic E-state index is 5.31. The van der Waals surface area contributed by atoms with Gasteiger partial charge in [-0.2, -0.15) is 4.98 Å². The lowest BCUT2D eigenvalue weighted by molar-refractivity contribution is 0.403. The van der Waals surface area contributed by atoms with Crippen molar-refractivity contribution in [2.45, 2.75) is 51.6 Å². The molecule has 0 bridgehead atoms. The lowest BCUT2D eigenvalue weighted by Gasteiger charge is -2.32. The highest BCUT2D eigenvalue weighted by atomic mass is 16.5. The zero-order chi connectivity index (χ0) is 19.8. The first-order valence-corrected chi connectivity index (χ1v) is 10.5. The second kappa shape index (κ2) is 7.48. The normalized spacial score (nSPS) is 18.8. The van der Waals surface area contributed by atoms with Gasteiger partial charge in [-0.3, -0.25) is 0 Å². The van der Waals surface area contributed by atoms with E-state index in [4.69, 9.17) is 4.52 Å². The molecule has 0 radical (unpaired) electrons. The summed E-state index contributed by atoms with van der Waals surface area (Å²) >= 11 is 0. The summed E-state index contributed by atoms with van der Waals surface area (Å²) in [6.07, 6.45) is 4.75. The number of unbranched alkanes of at least 4 members (excludes halogenated alkanes) is 1. The predicted molar refractivity (Wildman–Crippen MR) is 115 cm³/mol. The van der Waals surface area contributed by atoms with E-state index < -0.39 is 0 Å². The van der Waals surface area contributed by atoms with Gasteiger partial charge in [0.05, 0.1) is 6.04 Å². The van der Waals surface area contributed by atoms with Crippen LogP contribution in [0.2, 0.25) is 0 Å². The SMILES string of the molecule is CCCC[C@H]1Cc2c([nH]c3ccccc23)[C@H](c2ccc(-c3nc(C)no3)cc2)N1. The molecule has 0 saturated heterocycles. The molecule has 5 rings (SSSR count). The van der Waals surface area contributed by atoms with Crippen LogP contribution in [0.25, 0.3) is 22.4 Å². The third-order valence-corrected chi connectivity index (χ3v) is 5.91. The van der Waals surface area contributed by atoms with Crippen molar-refractivity contribution < 1.29 is 4.52 Å². The van der Waals surface area contributed by atoms with Crippen LogP contribution in [0.5, 0.6) is 0 Å². The first-order chi connectivity index (χ1) is 14.2. The highest BCUT2D eigenvalue weighted by Gasteiger charge is 2.30. The maximum Gasteiger partial charge on any atom is 0.257 e. The lowest BCUT2D eigenvalue weighted by Crippen LogP contribution is -2.39. The van der Waals surface area contributed by atoms with Gasteiger partial charge in [-0.05, 0) is 49.1 Å². The Hall–Kier alpha value is -2.92. The number of nitrogens with zero attached hydrogens (tertiary/aromatic N) is 2. The van der Waals surface area contributed by atoms with E-state index >= 15 is 0 Å². The first kappa shape index (κ1) is 18.1. The Morgan fingerprint density at radius 2 is 1.93 bits per heavy atom. The van der Waals surface area contributed by atoms with Crippen molar-refractivity contribution in [1.29, 1.82) is 0 Å². The van der Waals surface area contributed by atoms with Crippen molar-refractivity contribution in [3.8, 4) is 11.5 Å². The number of nitrogens with one attached hydrogen (secondary N) is 2. The molecule has 4 aromatic rings. The van der Waals surface area contributed by atoms with Crippen LogP contribution in [0.15, 0.2) is 53.1 Å². The third kappa shape index (κ3) is 3.36. The van der Waals surface area contributed by atoms with Crippen molar-refractivity contribution in [2.24, 2.45) is 0 Å². The Labute approximate surface area is 170 Å². The van der Waals surface area contributed by atoms with Crippen molar-refractivity contribution in [2.75, 3.05) is 0 Å². The Morgan fingerprint density at radius 1 is 1.10 bits per heavy atom. The van der Waals surface area contributed by atoms with E-state index in [2.05, 4.69) is 75.9 Å². The van der Waals surface area contributed by atoms with Gasteiger partial charge in [0.2, 0.25) is 0 Å². The first-order valence-electron chi connectivity index (χ1n) is 10.5. The van der Waals surface area contributed by atoms with E-state index in [1.807, 2.05) is 6.92 Å². The fourth-order valence-corrected chi connectivity index (χ4v) is 4.44. The maximum atomic E-state index is 5.31. The van der Waals surface area contributed by atoms with Crippen molar-refractivity contribution in [1.82, 2.24) is 20.4 Å². The van der Waals surface area contributed by atoms with Crippen LogP contribution in [0, 0.1) is 6.92 Å². The van der Waals surface area contributed by atoms with Crippen LogP contribution in [0.3, 0.4) is 0 Å². The quantitative estimate of drug-likeness (QED) is 0.487. The molecule has 2 atom stereocenters. The molecule has 0 unspecified atom stereocenters. The predicted octanol–water partition coefficient (Wildman–Crippen LogP) is 5.32. The Bertz CT molecular complexity index is 1130. The van der Waals surface area contributed by atoms with Gasteiger partial charge in [-0.1, -0.05) is 55.3 Å². The lowest BCUT2D eigenvalue weighted by atomic mass is 9.88. The van der Waals surface area contributed by atoms with E-state index in [1.165, 1.54) is 47.0 Å². The minimum atomic E-state index is 0.159. The van der Waals surface area contributed by atoms with E-state index in [0.29, 0.717) is 17.8 Å². The summed E-state index contributed by atoms with van der Waals surface area (Å²) in [7, 11) is 0. The van der Waals surface area contributed by atoms with Gasteiger partial charge in [0.1, 0.15) is 0 Å². The Kier molecular flexibility index (Phi) is 4.68. The summed E-state index contributed by atoms with van der Waals surface area (Å²) in [5.74, 6) is 1.22. The van der Waals surface area contributed by atoms with Gasteiger partial charge in [0.15, 0.2) is 5.82 Å². The average Bonchev–Trinajstić information content (AvgIpc) is 3.35. The highest BCUT2D eigenvalue weighted by Crippen LogP contribution is 2.36. The summed E-state index contributed by atoms with van der Waals surface area (Å²) in [5, 5.41) is 9.15. The molecular formula is C24H26N4O. The monoisotopic (exact) mass is 386 g/mol. The number of hydrogen-bond donors (Lipinski definition) is 2. The molecule has 0 saturated carbocycles. The number of H-pyrrole nitrogens is 1. The zero-order valence-electron chi connectivity index (χ0n) is 16.9. The van der Waals surface area contributed by atoms with Crippen LogP contribution in [-0.2, 0) is 6.42 Å². The molecule has 148 valence electrons. The van der Waals surface area contributed by atoms with Crippen LogP contribution in [0.4, 0.5) is 0 Å². The molecule has 0 fully saturated rings. The Balaban J connectivity index is 1.53. The number of aromatic amines is 1. The van der Waals surface area contributed by atoms with Crippen LogP contribution in [-0.4, -0.2) is 21.2 Å². The van der Waals surface area contributed by atoms with Gasteiger partial charge >= 0.3 is 0 Å². The smallest absolute Gasteiger partial charge is 0.257 e. The fourth-order valence-electron chi connectivity index (χ4n) is 4.44. The van der Waals surface area contributed by atoms with Crippen LogP contribution >= 0.6 is 0 Å². The number of para-hydroxylation sites is 1. The molecule has 2 N–H and O–H groups in total. The highest BCUT2D eigenvalue weighted by molar-refractivity contribution is 5.85. The number of hydrogen-bond acceptors (Lipinski definition) is 4. The fraction of sp³-hybridized carbons (Fsp3) is 0.333. The van der Waals surface area contributed by atoms with E-state index in [0.717, 1.165) is 12.0 Å². The van der Waals surface area contributed by atoms with Gasteiger partial charge < -0.3 is 14.8 Å². The molecule has 5 heteroatoms.